The molecule has 1 unspecified atom stereocenters. The minimum Gasteiger partial charge on any atom is -0.508 e. The molecule has 19 heavy (non-hydrogen) atoms. The number of carbonyl (C=O) groups is 2. The van der Waals surface area contributed by atoms with Crippen LogP contribution in [0, 0.1) is 0 Å². The Balaban J connectivity index is 2.21. The van der Waals surface area contributed by atoms with Crippen molar-refractivity contribution in [2.45, 2.75) is 12.5 Å². The summed E-state index contributed by atoms with van der Waals surface area (Å²) in [4.78, 5) is 25.0. The first-order valence-electron chi connectivity index (χ1n) is 6.17. The Bertz CT molecular complexity index is 484. The number of nitrogens with two attached hydrogens (primary N) is 1. The molecule has 1 aromatic carbocycles. The fourth-order valence-corrected chi connectivity index (χ4v) is 2.24. The maximum atomic E-state index is 12.4. The van der Waals surface area contributed by atoms with Crippen LogP contribution in [0.2, 0.25) is 0 Å². The third kappa shape index (κ3) is 3.23. The third-order valence-corrected chi connectivity index (χ3v) is 3.16. The molecule has 2 amide bonds. The van der Waals surface area contributed by atoms with E-state index in [0.717, 1.165) is 13.0 Å². The molecule has 1 aliphatic rings. The molecule has 0 spiro atoms. The van der Waals surface area contributed by atoms with Crippen LogP contribution in [-0.2, 0) is 4.79 Å². The van der Waals surface area contributed by atoms with Gasteiger partial charge in [0.25, 0.3) is 5.91 Å². The van der Waals surface area contributed by atoms with Crippen LogP contribution in [-0.4, -0.2) is 47.5 Å². The second-order valence-corrected chi connectivity index (χ2v) is 4.60. The second-order valence-electron chi connectivity index (χ2n) is 4.60. The molecule has 2 rings (SSSR count). The van der Waals surface area contributed by atoms with Gasteiger partial charge >= 0.3 is 0 Å². The summed E-state index contributed by atoms with van der Waals surface area (Å²) in [5.74, 6) is -0.807. The average Bonchev–Trinajstić information content (AvgIpc) is 2.88. The van der Waals surface area contributed by atoms with Gasteiger partial charge < -0.3 is 21.1 Å². The van der Waals surface area contributed by atoms with Crippen LogP contribution < -0.4 is 11.1 Å². The number of benzene rings is 1. The number of carbonyl (C=O) groups excluding carboxylic acids is 2. The molecule has 102 valence electrons. The quantitative estimate of drug-likeness (QED) is 0.694. The predicted octanol–water partition coefficient (Wildman–Crippen LogP) is -0.318. The highest BCUT2D eigenvalue weighted by molar-refractivity contribution is 5.96. The smallest absolute Gasteiger partial charge is 0.254 e. The molecule has 0 aromatic heterocycles. The number of aromatic hydroxyl groups is 1. The van der Waals surface area contributed by atoms with Crippen molar-refractivity contribution in [1.29, 1.82) is 0 Å². The molecule has 1 heterocycles. The first-order valence-corrected chi connectivity index (χ1v) is 6.17. The highest BCUT2D eigenvalue weighted by Crippen LogP contribution is 2.16. The molecule has 1 aliphatic heterocycles. The van der Waals surface area contributed by atoms with Gasteiger partial charge in [0, 0.05) is 18.2 Å². The topological polar surface area (TPSA) is 95.7 Å². The summed E-state index contributed by atoms with van der Waals surface area (Å²) in [7, 11) is 0. The van der Waals surface area contributed by atoms with E-state index in [9.17, 15) is 14.7 Å². The van der Waals surface area contributed by atoms with Crippen LogP contribution in [0.3, 0.4) is 0 Å². The van der Waals surface area contributed by atoms with Crippen molar-refractivity contribution < 1.29 is 14.7 Å². The van der Waals surface area contributed by atoms with Crippen LogP contribution in [0.1, 0.15) is 16.8 Å². The first kappa shape index (κ1) is 13.4. The lowest BCUT2D eigenvalue weighted by molar-refractivity contribution is -0.119. The van der Waals surface area contributed by atoms with Gasteiger partial charge in [-0.25, -0.2) is 0 Å². The monoisotopic (exact) mass is 263 g/mol. The molecule has 0 radical (unpaired) electrons. The third-order valence-electron chi connectivity index (χ3n) is 3.16. The zero-order chi connectivity index (χ0) is 13.8. The zero-order valence-electron chi connectivity index (χ0n) is 10.5. The Morgan fingerprint density at radius 2 is 2.26 bits per heavy atom. The van der Waals surface area contributed by atoms with Gasteiger partial charge in [-0.2, -0.15) is 0 Å². The predicted molar refractivity (Wildman–Crippen MR) is 69.6 cm³/mol. The molecule has 0 aliphatic carbocycles. The van der Waals surface area contributed by atoms with Crippen molar-refractivity contribution >= 4 is 11.8 Å². The van der Waals surface area contributed by atoms with Gasteiger partial charge in [0.1, 0.15) is 5.75 Å². The van der Waals surface area contributed by atoms with Crippen LogP contribution >= 0.6 is 0 Å². The van der Waals surface area contributed by atoms with Gasteiger partial charge in [0.15, 0.2) is 0 Å². The van der Waals surface area contributed by atoms with Gasteiger partial charge in [-0.05, 0) is 31.2 Å². The Labute approximate surface area is 111 Å². The van der Waals surface area contributed by atoms with E-state index in [1.165, 1.54) is 17.0 Å². The van der Waals surface area contributed by atoms with Crippen LogP contribution in [0.4, 0.5) is 0 Å². The Morgan fingerprint density at radius 3 is 2.84 bits per heavy atom. The van der Waals surface area contributed by atoms with Crippen molar-refractivity contribution in [3.05, 3.63) is 29.8 Å². The van der Waals surface area contributed by atoms with Crippen LogP contribution in [0.5, 0.6) is 5.75 Å². The Hall–Kier alpha value is -2.08. The lowest BCUT2D eigenvalue weighted by Gasteiger charge is -2.27. The summed E-state index contributed by atoms with van der Waals surface area (Å²) >= 11 is 0. The number of amides is 2. The zero-order valence-corrected chi connectivity index (χ0v) is 10.5. The SMILES string of the molecule is NC(=O)CN(C(=O)c1cccc(O)c1)C1CCNC1. The number of rotatable bonds is 4. The van der Waals surface area contributed by atoms with Crippen LogP contribution in [0.25, 0.3) is 0 Å². The molecule has 0 saturated carbocycles. The standard InChI is InChI=1S/C13H17N3O3/c14-12(18)8-16(10-4-5-15-7-10)13(19)9-2-1-3-11(17)6-9/h1-3,6,10,15,17H,4-5,7-8H2,(H2,14,18). The summed E-state index contributed by atoms with van der Waals surface area (Å²) in [5, 5.41) is 12.6. The van der Waals surface area contributed by atoms with E-state index in [4.69, 9.17) is 5.73 Å². The van der Waals surface area contributed by atoms with Crippen molar-refractivity contribution in [2.24, 2.45) is 5.73 Å². The van der Waals surface area contributed by atoms with Crippen molar-refractivity contribution in [1.82, 2.24) is 10.2 Å². The highest BCUT2D eigenvalue weighted by atomic mass is 16.3. The normalized spacial score (nSPS) is 18.2. The van der Waals surface area contributed by atoms with Crippen molar-refractivity contribution in [3.63, 3.8) is 0 Å². The fourth-order valence-electron chi connectivity index (χ4n) is 2.24. The minimum absolute atomic E-state index is 0.0226. The molecule has 1 fully saturated rings. The van der Waals surface area contributed by atoms with E-state index in [1.54, 1.807) is 12.1 Å². The minimum atomic E-state index is -0.541. The lowest BCUT2D eigenvalue weighted by Crippen LogP contribution is -2.46. The second kappa shape index (κ2) is 5.71. The number of primary amides is 1. The van der Waals surface area contributed by atoms with Gasteiger partial charge in [0.2, 0.25) is 5.91 Å². The van der Waals surface area contributed by atoms with E-state index >= 15 is 0 Å². The van der Waals surface area contributed by atoms with Crippen molar-refractivity contribution in [3.8, 4) is 5.75 Å². The molecule has 1 aromatic rings. The van der Waals surface area contributed by atoms with E-state index in [0.29, 0.717) is 12.1 Å². The Morgan fingerprint density at radius 1 is 1.47 bits per heavy atom. The number of hydrogen-bond donors (Lipinski definition) is 3. The lowest BCUT2D eigenvalue weighted by atomic mass is 10.1. The van der Waals surface area contributed by atoms with Gasteiger partial charge in [0.05, 0.1) is 6.54 Å². The van der Waals surface area contributed by atoms with E-state index in [2.05, 4.69) is 5.32 Å². The molecule has 1 saturated heterocycles. The number of hydrogen-bond acceptors (Lipinski definition) is 4. The number of phenols is 1. The molecule has 1 atom stereocenters. The molecule has 6 nitrogen and oxygen atoms in total. The molecular weight excluding hydrogens is 246 g/mol. The van der Waals surface area contributed by atoms with E-state index < -0.39 is 5.91 Å². The van der Waals surface area contributed by atoms with E-state index in [1.807, 2.05) is 0 Å². The molecular formula is C13H17N3O3. The average molecular weight is 263 g/mol. The van der Waals surface area contributed by atoms with E-state index in [-0.39, 0.29) is 24.2 Å². The largest absolute Gasteiger partial charge is 0.508 e. The number of nitrogens with zero attached hydrogens (tertiary/aromatic N) is 1. The first-order chi connectivity index (χ1) is 9.08. The highest BCUT2D eigenvalue weighted by Gasteiger charge is 2.28. The fraction of sp³-hybridized carbons (Fsp3) is 0.385. The number of nitrogens with one attached hydrogen (secondary N) is 1. The molecule has 4 N–H and O–H groups in total. The molecule has 0 bridgehead atoms. The maximum absolute atomic E-state index is 12.4. The summed E-state index contributed by atoms with van der Waals surface area (Å²) in [6.07, 6.45) is 0.790. The van der Waals surface area contributed by atoms with Crippen LogP contribution in [0.15, 0.2) is 24.3 Å². The summed E-state index contributed by atoms with van der Waals surface area (Å²) < 4.78 is 0. The summed E-state index contributed by atoms with van der Waals surface area (Å²) in [5.41, 5.74) is 5.56. The summed E-state index contributed by atoms with van der Waals surface area (Å²) in [6.45, 7) is 1.35. The summed E-state index contributed by atoms with van der Waals surface area (Å²) in [6, 6.07) is 6.05. The molecule has 6 heteroatoms. The Kier molecular flexibility index (Phi) is 4.01. The van der Waals surface area contributed by atoms with Gasteiger partial charge in [-0.1, -0.05) is 6.07 Å². The van der Waals surface area contributed by atoms with Crippen molar-refractivity contribution in [2.75, 3.05) is 19.6 Å². The number of phenolic OH excluding ortho intramolecular Hbond substituents is 1. The maximum Gasteiger partial charge on any atom is 0.254 e. The van der Waals surface area contributed by atoms with Gasteiger partial charge in [-0.15, -0.1) is 0 Å². The van der Waals surface area contributed by atoms with Gasteiger partial charge in [-0.3, -0.25) is 9.59 Å².